The van der Waals surface area contributed by atoms with E-state index >= 15 is 0 Å². The molecule has 0 bridgehead atoms. The third-order valence-electron chi connectivity index (χ3n) is 5.22. The normalized spacial score (nSPS) is 11.9. The number of fused-ring (bicyclic) bond motifs is 1. The highest BCUT2D eigenvalue weighted by Gasteiger charge is 2.17. The molecule has 0 saturated carbocycles. The molecule has 3 rings (SSSR count). The number of benzene rings is 1. The highest BCUT2D eigenvalue weighted by atomic mass is 32.1. The van der Waals surface area contributed by atoms with Gasteiger partial charge < -0.3 is 10.0 Å². The summed E-state index contributed by atoms with van der Waals surface area (Å²) in [7, 11) is 0. The fourth-order valence-corrected chi connectivity index (χ4v) is 5.76. The van der Waals surface area contributed by atoms with E-state index in [-0.39, 0.29) is 11.4 Å². The van der Waals surface area contributed by atoms with Gasteiger partial charge in [0.15, 0.2) is 0 Å². The maximum absolute atomic E-state index is 14.9. The number of thiophene rings is 2. The predicted octanol–water partition coefficient (Wildman–Crippen LogP) is 8.16. The number of carboxylic acids is 1. The van der Waals surface area contributed by atoms with Crippen LogP contribution in [0.2, 0.25) is 0 Å². The molecule has 8 heteroatoms. The van der Waals surface area contributed by atoms with Crippen molar-refractivity contribution in [3.05, 3.63) is 68.3 Å². The lowest BCUT2D eigenvalue weighted by Crippen LogP contribution is -2.27. The Morgan fingerprint density at radius 1 is 1.00 bits per heavy atom. The number of halogens is 2. The molecular formula is C26H26F2N2O2S2. The largest absolute Gasteiger partial charge is 0.486 e. The Morgan fingerprint density at radius 3 is 2.09 bits per heavy atom. The van der Waals surface area contributed by atoms with Crippen molar-refractivity contribution in [1.29, 1.82) is 0 Å². The Morgan fingerprint density at radius 2 is 1.56 bits per heavy atom. The molecule has 0 saturated heterocycles. The maximum atomic E-state index is 14.9. The summed E-state index contributed by atoms with van der Waals surface area (Å²) >= 11 is 2.88. The molecular weight excluding hydrogens is 474 g/mol. The third-order valence-corrected chi connectivity index (χ3v) is 7.43. The van der Waals surface area contributed by atoms with E-state index in [1.807, 2.05) is 23.1 Å². The number of carbonyl (C=O) groups is 1. The van der Waals surface area contributed by atoms with Crippen LogP contribution in [-0.2, 0) is 4.79 Å². The summed E-state index contributed by atoms with van der Waals surface area (Å²) in [6.45, 7) is 12.3. The monoisotopic (exact) mass is 500 g/mol. The molecule has 4 nitrogen and oxygen atoms in total. The van der Waals surface area contributed by atoms with Gasteiger partial charge in [-0.1, -0.05) is 32.8 Å². The van der Waals surface area contributed by atoms with Gasteiger partial charge in [0, 0.05) is 32.2 Å². The molecule has 0 unspecified atom stereocenters. The van der Waals surface area contributed by atoms with Crippen molar-refractivity contribution in [2.75, 3.05) is 18.0 Å². The minimum Gasteiger partial charge on any atom is -0.486 e. The van der Waals surface area contributed by atoms with E-state index in [2.05, 4.69) is 18.7 Å². The topological polar surface area (TPSA) is 44.9 Å². The summed E-state index contributed by atoms with van der Waals surface area (Å²) in [6.07, 6.45) is 8.55. The first-order valence-corrected chi connectivity index (χ1v) is 12.8. The van der Waals surface area contributed by atoms with Gasteiger partial charge in [0.05, 0.1) is 6.57 Å². The Bertz CT molecular complexity index is 1210. The van der Waals surface area contributed by atoms with Crippen LogP contribution in [0, 0.1) is 18.2 Å². The summed E-state index contributed by atoms with van der Waals surface area (Å²) in [6, 6.07) is 6.52. The Balaban J connectivity index is 1.80. The first-order valence-electron chi connectivity index (χ1n) is 11.1. The molecule has 0 aliphatic carbocycles. The molecule has 1 N–H and O–H groups in total. The zero-order valence-electron chi connectivity index (χ0n) is 19.1. The van der Waals surface area contributed by atoms with Gasteiger partial charge in [-0.15, -0.1) is 22.7 Å². The number of anilines is 1. The summed E-state index contributed by atoms with van der Waals surface area (Å²) in [5.74, 6) is -2.35. The number of unbranched alkanes of at least 4 members (excludes halogenated alkanes) is 2. The molecule has 0 amide bonds. The van der Waals surface area contributed by atoms with Gasteiger partial charge in [-0.05, 0) is 54.8 Å². The molecule has 3 aromatic rings. The van der Waals surface area contributed by atoms with Crippen LogP contribution < -0.4 is 4.90 Å². The lowest BCUT2D eigenvalue weighted by molar-refractivity contribution is -0.132. The van der Waals surface area contributed by atoms with Crippen LogP contribution in [-0.4, -0.2) is 24.2 Å². The molecule has 0 fully saturated rings. The average molecular weight is 501 g/mol. The molecule has 178 valence electrons. The summed E-state index contributed by atoms with van der Waals surface area (Å²) in [5, 5.41) is 9.01. The lowest BCUT2D eigenvalue weighted by Gasteiger charge is -2.25. The van der Waals surface area contributed by atoms with E-state index in [1.54, 1.807) is 6.08 Å². The van der Waals surface area contributed by atoms with Crippen LogP contribution in [0.1, 0.15) is 54.8 Å². The van der Waals surface area contributed by atoms with Crippen molar-refractivity contribution in [3.8, 4) is 0 Å². The average Bonchev–Trinajstić information content (AvgIpc) is 3.35. The van der Waals surface area contributed by atoms with E-state index in [0.717, 1.165) is 40.0 Å². The van der Waals surface area contributed by atoms with E-state index in [1.165, 1.54) is 40.9 Å². The van der Waals surface area contributed by atoms with E-state index in [9.17, 15) is 13.6 Å². The number of nitrogens with zero attached hydrogens (tertiary/aromatic N) is 2. The van der Waals surface area contributed by atoms with Gasteiger partial charge in [0.2, 0.25) is 0 Å². The summed E-state index contributed by atoms with van der Waals surface area (Å²) in [4.78, 5) is 17.5. The minimum absolute atomic E-state index is 0.0522. The summed E-state index contributed by atoms with van der Waals surface area (Å²) in [5.41, 5.74) is 0.175. The van der Waals surface area contributed by atoms with E-state index in [4.69, 9.17) is 11.7 Å². The molecule has 2 aromatic heterocycles. The number of aliphatic carboxylic acids is 1. The third kappa shape index (κ3) is 6.31. The van der Waals surface area contributed by atoms with Gasteiger partial charge in [0.25, 0.3) is 5.70 Å². The van der Waals surface area contributed by atoms with Crippen LogP contribution in [0.25, 0.3) is 32.5 Å². The minimum atomic E-state index is -1.25. The molecule has 0 aliphatic heterocycles. The maximum Gasteiger partial charge on any atom is 0.333 e. The van der Waals surface area contributed by atoms with Crippen molar-refractivity contribution in [2.24, 2.45) is 0 Å². The summed E-state index contributed by atoms with van der Waals surface area (Å²) < 4.78 is 31.7. The number of carboxylic acid groups (broad SMARTS) is 1. The molecule has 0 aliphatic rings. The second-order valence-corrected chi connectivity index (χ2v) is 10.1. The van der Waals surface area contributed by atoms with Crippen LogP contribution in [0.5, 0.6) is 0 Å². The molecule has 1 aromatic carbocycles. The number of rotatable bonds is 11. The molecule has 0 radical (unpaired) electrons. The lowest BCUT2D eigenvalue weighted by atomic mass is 10.1. The fourth-order valence-electron chi connectivity index (χ4n) is 3.50. The predicted molar refractivity (Wildman–Crippen MR) is 139 cm³/mol. The van der Waals surface area contributed by atoms with Gasteiger partial charge in [-0.2, -0.15) is 0 Å². The van der Waals surface area contributed by atoms with Crippen molar-refractivity contribution in [3.63, 3.8) is 0 Å². The first-order chi connectivity index (χ1) is 16.4. The molecule has 2 heterocycles. The fraction of sp³-hybridized carbons (Fsp3) is 0.308. The van der Waals surface area contributed by atoms with Crippen LogP contribution >= 0.6 is 22.7 Å². The van der Waals surface area contributed by atoms with Gasteiger partial charge in [-0.3, -0.25) is 4.79 Å². The number of hydrogen-bond acceptors (Lipinski definition) is 4. The highest BCUT2D eigenvalue weighted by Crippen LogP contribution is 2.35. The van der Waals surface area contributed by atoms with Gasteiger partial charge >= 0.3 is 5.97 Å². The van der Waals surface area contributed by atoms with Crippen molar-refractivity contribution < 1.29 is 18.7 Å². The van der Waals surface area contributed by atoms with Crippen LogP contribution in [0.15, 0.2) is 30.0 Å². The van der Waals surface area contributed by atoms with Gasteiger partial charge in [0.1, 0.15) is 17.3 Å². The quantitative estimate of drug-likeness (QED) is 0.213. The standard InChI is InChI=1S/C26H26F2N2O2S2/c1-4-6-10-30(11-7-5-2)25-20(27)12-17(13-21(25)28)8-9-18-15-23-24(33-18)16-19(34-23)14-22(29-3)26(31)32/h8-9,12-16H,4-7,10-11H2,1-2H3,(H,31,32). The van der Waals surface area contributed by atoms with Crippen molar-refractivity contribution in [2.45, 2.75) is 39.5 Å². The van der Waals surface area contributed by atoms with Crippen LogP contribution in [0.4, 0.5) is 14.5 Å². The van der Waals surface area contributed by atoms with Crippen molar-refractivity contribution in [1.82, 2.24) is 0 Å². The second-order valence-electron chi connectivity index (χ2n) is 7.83. The second kappa shape index (κ2) is 11.9. The highest BCUT2D eigenvalue weighted by molar-refractivity contribution is 7.28. The Hall–Kier alpha value is -3.02. The zero-order valence-corrected chi connectivity index (χ0v) is 20.7. The SMILES string of the molecule is [C-]#[N+]C(=Cc1cc2sc(C=Cc3cc(F)c(N(CCCC)CCCC)c(F)c3)cc2s1)C(=O)O. The Labute approximate surface area is 206 Å². The molecule has 0 spiro atoms. The molecule has 0 atom stereocenters. The van der Waals surface area contributed by atoms with Crippen molar-refractivity contribution >= 4 is 62.0 Å². The van der Waals surface area contributed by atoms with E-state index < -0.39 is 17.6 Å². The zero-order chi connectivity index (χ0) is 24.7. The smallest absolute Gasteiger partial charge is 0.333 e. The molecule has 34 heavy (non-hydrogen) atoms. The Kier molecular flexibility index (Phi) is 8.97. The van der Waals surface area contributed by atoms with Crippen LogP contribution in [0.3, 0.4) is 0 Å². The first kappa shape index (κ1) is 25.6. The number of hydrogen-bond donors (Lipinski definition) is 1. The van der Waals surface area contributed by atoms with Gasteiger partial charge in [-0.25, -0.2) is 13.6 Å². The van der Waals surface area contributed by atoms with E-state index in [0.29, 0.717) is 23.5 Å².